The molecule has 0 saturated heterocycles. The standard InChI is InChI=1S/C27H26N2O3/c1-18-11-5-7-13-20(18)24-21-14-8-9-15-22(21)26(30)29(3)25(24)27(31)28(2)17-19-12-6-10-16-23(19)32-4/h5-16H,17H2,1-4H3. The van der Waals surface area contributed by atoms with E-state index >= 15 is 0 Å². The van der Waals surface area contributed by atoms with E-state index in [0.29, 0.717) is 17.6 Å². The maximum atomic E-state index is 13.8. The van der Waals surface area contributed by atoms with Crippen LogP contribution in [0.2, 0.25) is 0 Å². The molecule has 0 atom stereocenters. The Bertz CT molecular complexity index is 1370. The molecule has 0 N–H and O–H groups in total. The molecule has 5 heteroatoms. The monoisotopic (exact) mass is 426 g/mol. The Morgan fingerprint density at radius 1 is 0.938 bits per heavy atom. The SMILES string of the molecule is COc1ccccc1CN(C)C(=O)c1c(-c2ccccc2C)c2ccccc2c(=O)n1C. The van der Waals surface area contributed by atoms with Gasteiger partial charge in [-0.05, 0) is 35.6 Å². The number of aryl methyl sites for hydroxylation is 1. The van der Waals surface area contributed by atoms with Crippen molar-refractivity contribution < 1.29 is 9.53 Å². The average Bonchev–Trinajstić information content (AvgIpc) is 2.81. The Morgan fingerprint density at radius 2 is 1.56 bits per heavy atom. The van der Waals surface area contributed by atoms with Gasteiger partial charge in [-0.1, -0.05) is 60.7 Å². The van der Waals surface area contributed by atoms with Gasteiger partial charge in [-0.15, -0.1) is 0 Å². The average molecular weight is 427 g/mol. The summed E-state index contributed by atoms with van der Waals surface area (Å²) in [5, 5.41) is 1.37. The molecule has 0 aliphatic heterocycles. The van der Waals surface area contributed by atoms with Crippen LogP contribution in [-0.4, -0.2) is 29.5 Å². The topological polar surface area (TPSA) is 51.5 Å². The summed E-state index contributed by atoms with van der Waals surface area (Å²) in [6.45, 7) is 2.37. The zero-order valence-electron chi connectivity index (χ0n) is 18.8. The largest absolute Gasteiger partial charge is 0.496 e. The third-order valence-corrected chi connectivity index (χ3v) is 5.87. The summed E-state index contributed by atoms with van der Waals surface area (Å²) in [6, 6.07) is 23.0. The third kappa shape index (κ3) is 3.66. The number of ether oxygens (including phenoxy) is 1. The molecule has 0 aliphatic carbocycles. The number of methoxy groups -OCH3 is 1. The summed E-state index contributed by atoms with van der Waals surface area (Å²) >= 11 is 0. The highest BCUT2D eigenvalue weighted by Crippen LogP contribution is 2.33. The van der Waals surface area contributed by atoms with E-state index in [1.165, 1.54) is 4.57 Å². The van der Waals surface area contributed by atoms with Crippen LogP contribution in [0.5, 0.6) is 5.75 Å². The first kappa shape index (κ1) is 21.4. The molecule has 0 saturated carbocycles. The molecule has 0 bridgehead atoms. The second-order valence-electron chi connectivity index (χ2n) is 7.92. The van der Waals surface area contributed by atoms with Crippen molar-refractivity contribution in [3.8, 4) is 16.9 Å². The Labute approximate surface area is 187 Å². The lowest BCUT2D eigenvalue weighted by molar-refractivity contribution is 0.0774. The van der Waals surface area contributed by atoms with Gasteiger partial charge in [-0.25, -0.2) is 0 Å². The number of carbonyl (C=O) groups excluding carboxylic acids is 1. The van der Waals surface area contributed by atoms with Crippen molar-refractivity contribution in [2.75, 3.05) is 14.2 Å². The van der Waals surface area contributed by atoms with E-state index in [2.05, 4.69) is 0 Å². The van der Waals surface area contributed by atoms with Crippen molar-refractivity contribution in [3.63, 3.8) is 0 Å². The first-order valence-corrected chi connectivity index (χ1v) is 10.5. The minimum absolute atomic E-state index is 0.188. The number of fused-ring (bicyclic) bond motifs is 1. The van der Waals surface area contributed by atoms with Gasteiger partial charge in [0, 0.05) is 37.2 Å². The Hall–Kier alpha value is -3.86. The van der Waals surface area contributed by atoms with Crippen LogP contribution in [0.1, 0.15) is 21.6 Å². The number of para-hydroxylation sites is 1. The van der Waals surface area contributed by atoms with E-state index in [4.69, 9.17) is 4.74 Å². The lowest BCUT2D eigenvalue weighted by atomic mass is 9.93. The predicted molar refractivity (Wildman–Crippen MR) is 128 cm³/mol. The minimum Gasteiger partial charge on any atom is -0.496 e. The summed E-state index contributed by atoms with van der Waals surface area (Å²) in [4.78, 5) is 28.6. The van der Waals surface area contributed by atoms with Crippen LogP contribution in [0.15, 0.2) is 77.6 Å². The van der Waals surface area contributed by atoms with E-state index in [9.17, 15) is 9.59 Å². The molecule has 0 spiro atoms. The van der Waals surface area contributed by atoms with Crippen molar-refractivity contribution in [1.29, 1.82) is 0 Å². The molecule has 5 nitrogen and oxygen atoms in total. The highest BCUT2D eigenvalue weighted by Gasteiger charge is 2.25. The summed E-state index contributed by atoms with van der Waals surface area (Å²) in [5.74, 6) is 0.498. The van der Waals surface area contributed by atoms with Gasteiger partial charge in [0.05, 0.1) is 7.11 Å². The fourth-order valence-corrected chi connectivity index (χ4v) is 4.18. The molecule has 4 rings (SSSR count). The number of aromatic nitrogens is 1. The molecule has 162 valence electrons. The van der Waals surface area contributed by atoms with Crippen molar-refractivity contribution in [2.24, 2.45) is 7.05 Å². The van der Waals surface area contributed by atoms with Gasteiger partial charge in [-0.2, -0.15) is 0 Å². The van der Waals surface area contributed by atoms with E-state index in [-0.39, 0.29) is 11.5 Å². The second-order valence-corrected chi connectivity index (χ2v) is 7.92. The number of nitrogens with zero attached hydrogens (tertiary/aromatic N) is 2. The van der Waals surface area contributed by atoms with Gasteiger partial charge in [0.1, 0.15) is 11.4 Å². The summed E-state index contributed by atoms with van der Waals surface area (Å²) in [7, 11) is 5.03. The molecule has 1 heterocycles. The van der Waals surface area contributed by atoms with Gasteiger partial charge in [0.15, 0.2) is 0 Å². The highest BCUT2D eigenvalue weighted by atomic mass is 16.5. The fraction of sp³-hybridized carbons (Fsp3) is 0.185. The van der Waals surface area contributed by atoms with Crippen molar-refractivity contribution >= 4 is 16.7 Å². The first-order valence-electron chi connectivity index (χ1n) is 10.5. The third-order valence-electron chi connectivity index (χ3n) is 5.87. The van der Waals surface area contributed by atoms with Crippen LogP contribution in [0.3, 0.4) is 0 Å². The first-order chi connectivity index (χ1) is 15.4. The normalized spacial score (nSPS) is 10.9. The summed E-state index contributed by atoms with van der Waals surface area (Å²) in [5.41, 5.74) is 3.84. The van der Waals surface area contributed by atoms with Crippen molar-refractivity contribution in [2.45, 2.75) is 13.5 Å². The molecule has 3 aromatic carbocycles. The smallest absolute Gasteiger partial charge is 0.271 e. The quantitative estimate of drug-likeness (QED) is 0.461. The lowest BCUT2D eigenvalue weighted by Gasteiger charge is -2.23. The Kier molecular flexibility index (Phi) is 5.82. The summed E-state index contributed by atoms with van der Waals surface area (Å²) < 4.78 is 6.93. The minimum atomic E-state index is -0.223. The zero-order valence-corrected chi connectivity index (χ0v) is 18.8. The molecule has 0 radical (unpaired) electrons. The molecule has 0 aliphatic rings. The highest BCUT2D eigenvalue weighted by molar-refractivity contribution is 6.08. The number of benzene rings is 3. The lowest BCUT2D eigenvalue weighted by Crippen LogP contribution is -2.33. The zero-order chi connectivity index (χ0) is 22.8. The maximum Gasteiger partial charge on any atom is 0.271 e. The Balaban J connectivity index is 1.93. The van der Waals surface area contributed by atoms with Crippen LogP contribution in [0, 0.1) is 6.92 Å². The van der Waals surface area contributed by atoms with Crippen LogP contribution in [-0.2, 0) is 13.6 Å². The van der Waals surface area contributed by atoms with E-state index in [1.807, 2.05) is 79.7 Å². The van der Waals surface area contributed by atoms with Crippen LogP contribution < -0.4 is 10.3 Å². The van der Waals surface area contributed by atoms with Crippen molar-refractivity contribution in [1.82, 2.24) is 9.47 Å². The maximum absolute atomic E-state index is 13.8. The van der Waals surface area contributed by atoms with Gasteiger partial charge in [0.2, 0.25) is 0 Å². The number of pyridine rings is 1. The summed E-state index contributed by atoms with van der Waals surface area (Å²) in [6.07, 6.45) is 0. The van der Waals surface area contributed by atoms with Gasteiger partial charge < -0.3 is 14.2 Å². The number of rotatable bonds is 5. The molecule has 4 aromatic rings. The van der Waals surface area contributed by atoms with Gasteiger partial charge >= 0.3 is 0 Å². The molecule has 0 fully saturated rings. The predicted octanol–water partition coefficient (Wildman–Crippen LogP) is 4.79. The molecule has 0 unspecified atom stereocenters. The van der Waals surface area contributed by atoms with Crippen molar-refractivity contribution in [3.05, 3.63) is 100.0 Å². The molecular formula is C27H26N2O3. The molecule has 1 aromatic heterocycles. The number of hydrogen-bond donors (Lipinski definition) is 0. The molecular weight excluding hydrogens is 400 g/mol. The Morgan fingerprint density at radius 3 is 2.28 bits per heavy atom. The van der Waals surface area contributed by atoms with Crippen LogP contribution >= 0.6 is 0 Å². The number of amides is 1. The van der Waals surface area contributed by atoms with E-state index < -0.39 is 0 Å². The number of hydrogen-bond acceptors (Lipinski definition) is 3. The van der Waals surface area contributed by atoms with Crippen LogP contribution in [0.4, 0.5) is 0 Å². The van der Waals surface area contributed by atoms with E-state index in [1.54, 1.807) is 26.1 Å². The second kappa shape index (κ2) is 8.71. The molecule has 1 amide bonds. The van der Waals surface area contributed by atoms with Gasteiger partial charge in [-0.3, -0.25) is 9.59 Å². The molecule has 32 heavy (non-hydrogen) atoms. The fourth-order valence-electron chi connectivity index (χ4n) is 4.18. The van der Waals surface area contributed by atoms with Gasteiger partial charge in [0.25, 0.3) is 11.5 Å². The number of carbonyl (C=O) groups is 1. The van der Waals surface area contributed by atoms with Crippen LogP contribution in [0.25, 0.3) is 21.9 Å². The van der Waals surface area contributed by atoms with E-state index in [0.717, 1.165) is 33.4 Å².